The van der Waals surface area contributed by atoms with Crippen LogP contribution in [0, 0.1) is 6.92 Å². The molecule has 2 aromatic rings. The van der Waals surface area contributed by atoms with Crippen molar-refractivity contribution in [3.8, 4) is 0 Å². The number of aromatic nitrogens is 3. The molecule has 2 aromatic heterocycles. The molecule has 0 atom stereocenters. The number of rotatable bonds is 6. The van der Waals surface area contributed by atoms with Crippen LogP contribution in [0.4, 0.5) is 0 Å². The summed E-state index contributed by atoms with van der Waals surface area (Å²) >= 11 is 0. The summed E-state index contributed by atoms with van der Waals surface area (Å²) in [4.78, 5) is 17.9. The number of oxazole rings is 1. The molecule has 0 unspecified atom stereocenters. The van der Waals surface area contributed by atoms with Crippen LogP contribution < -0.4 is 0 Å². The van der Waals surface area contributed by atoms with Crippen molar-refractivity contribution < 1.29 is 9.21 Å². The SMILES string of the molecule is C=CC(=O)N(Cc1cnn(C2CCCCC2)c1)Cc1cnc(C)o1. The Morgan fingerprint density at radius 1 is 1.38 bits per heavy atom. The molecule has 2 heterocycles. The second-order valence-electron chi connectivity index (χ2n) is 6.36. The Morgan fingerprint density at radius 3 is 2.83 bits per heavy atom. The maximum Gasteiger partial charge on any atom is 0.246 e. The Labute approximate surface area is 142 Å². The fourth-order valence-electron chi connectivity index (χ4n) is 3.23. The Kier molecular flexibility index (Phi) is 5.13. The Hall–Kier alpha value is -2.37. The third-order valence-corrected chi connectivity index (χ3v) is 4.48. The molecule has 3 rings (SSSR count). The van der Waals surface area contributed by atoms with Crippen LogP contribution in [0.25, 0.3) is 0 Å². The van der Waals surface area contributed by atoms with Gasteiger partial charge in [-0.2, -0.15) is 5.10 Å². The molecule has 1 aliphatic carbocycles. The fraction of sp³-hybridized carbons (Fsp3) is 0.500. The van der Waals surface area contributed by atoms with Gasteiger partial charge in [0.2, 0.25) is 5.91 Å². The first-order valence-electron chi connectivity index (χ1n) is 8.51. The van der Waals surface area contributed by atoms with Gasteiger partial charge in [-0.3, -0.25) is 9.48 Å². The standard InChI is InChI=1S/C18H24N4O2/c1-3-18(23)21(13-17-10-19-14(2)24-17)11-15-9-20-22(12-15)16-7-5-4-6-8-16/h3,9-10,12,16H,1,4-8,11,13H2,2H3. The molecule has 24 heavy (non-hydrogen) atoms. The quantitative estimate of drug-likeness (QED) is 0.762. The molecule has 6 heteroatoms. The highest BCUT2D eigenvalue weighted by molar-refractivity contribution is 5.86. The molecule has 1 fully saturated rings. The van der Waals surface area contributed by atoms with Gasteiger partial charge in [-0.25, -0.2) is 4.98 Å². The first-order chi connectivity index (χ1) is 11.7. The monoisotopic (exact) mass is 328 g/mol. The number of hydrogen-bond donors (Lipinski definition) is 0. The molecular weight excluding hydrogens is 304 g/mol. The topological polar surface area (TPSA) is 64.2 Å². The van der Waals surface area contributed by atoms with E-state index in [0.29, 0.717) is 30.8 Å². The van der Waals surface area contributed by atoms with Crippen LogP contribution in [-0.4, -0.2) is 25.6 Å². The van der Waals surface area contributed by atoms with Crippen molar-refractivity contribution in [3.63, 3.8) is 0 Å². The molecule has 0 N–H and O–H groups in total. The molecule has 1 aliphatic rings. The van der Waals surface area contributed by atoms with Gasteiger partial charge in [-0.15, -0.1) is 0 Å². The minimum absolute atomic E-state index is 0.130. The number of carbonyl (C=O) groups excluding carboxylic acids is 1. The zero-order valence-electron chi connectivity index (χ0n) is 14.1. The number of carbonyl (C=O) groups is 1. The molecule has 0 bridgehead atoms. The van der Waals surface area contributed by atoms with Crippen LogP contribution in [0.15, 0.2) is 35.7 Å². The molecule has 0 saturated heterocycles. The summed E-state index contributed by atoms with van der Waals surface area (Å²) in [6.07, 6.45) is 13.1. The normalized spacial score (nSPS) is 15.4. The van der Waals surface area contributed by atoms with Gasteiger partial charge in [0, 0.05) is 25.2 Å². The highest BCUT2D eigenvalue weighted by Gasteiger charge is 2.18. The van der Waals surface area contributed by atoms with Gasteiger partial charge < -0.3 is 9.32 Å². The fourth-order valence-corrected chi connectivity index (χ4v) is 3.23. The molecule has 0 radical (unpaired) electrons. The number of nitrogens with zero attached hydrogens (tertiary/aromatic N) is 4. The van der Waals surface area contributed by atoms with E-state index in [1.165, 1.54) is 38.2 Å². The molecule has 128 valence electrons. The van der Waals surface area contributed by atoms with Crippen molar-refractivity contribution in [2.75, 3.05) is 0 Å². The average molecular weight is 328 g/mol. The maximum atomic E-state index is 12.2. The van der Waals surface area contributed by atoms with Crippen molar-refractivity contribution in [2.24, 2.45) is 0 Å². The van der Waals surface area contributed by atoms with Crippen LogP contribution in [0.5, 0.6) is 0 Å². The lowest BCUT2D eigenvalue weighted by molar-refractivity contribution is -0.127. The first kappa shape index (κ1) is 16.5. The predicted molar refractivity (Wildman–Crippen MR) is 90.0 cm³/mol. The molecule has 0 spiro atoms. The molecule has 0 aromatic carbocycles. The zero-order valence-corrected chi connectivity index (χ0v) is 14.1. The minimum Gasteiger partial charge on any atom is -0.444 e. The molecule has 6 nitrogen and oxygen atoms in total. The number of aryl methyl sites for hydroxylation is 1. The second-order valence-corrected chi connectivity index (χ2v) is 6.36. The van der Waals surface area contributed by atoms with Crippen molar-refractivity contribution in [2.45, 2.75) is 58.2 Å². The summed E-state index contributed by atoms with van der Waals surface area (Å²) in [5, 5.41) is 4.51. The lowest BCUT2D eigenvalue weighted by atomic mass is 9.96. The van der Waals surface area contributed by atoms with Crippen molar-refractivity contribution in [3.05, 3.63) is 48.5 Å². The zero-order chi connectivity index (χ0) is 16.9. The van der Waals surface area contributed by atoms with E-state index >= 15 is 0 Å². The summed E-state index contributed by atoms with van der Waals surface area (Å²) in [6.45, 7) is 6.24. The van der Waals surface area contributed by atoms with Crippen molar-refractivity contribution in [1.82, 2.24) is 19.7 Å². The van der Waals surface area contributed by atoms with Gasteiger partial charge in [0.25, 0.3) is 0 Å². The first-order valence-corrected chi connectivity index (χ1v) is 8.51. The summed E-state index contributed by atoms with van der Waals surface area (Å²) in [6, 6.07) is 0.493. The van der Waals surface area contributed by atoms with E-state index < -0.39 is 0 Å². The molecule has 1 saturated carbocycles. The van der Waals surface area contributed by atoms with Gasteiger partial charge in [0.15, 0.2) is 5.89 Å². The Bertz CT molecular complexity index is 697. The summed E-state index contributed by atoms with van der Waals surface area (Å²) < 4.78 is 7.55. The largest absolute Gasteiger partial charge is 0.444 e. The van der Waals surface area contributed by atoms with Gasteiger partial charge in [0.05, 0.1) is 25.0 Å². The second kappa shape index (κ2) is 7.47. The third kappa shape index (κ3) is 3.93. The third-order valence-electron chi connectivity index (χ3n) is 4.48. The summed E-state index contributed by atoms with van der Waals surface area (Å²) in [7, 11) is 0. The Morgan fingerprint density at radius 2 is 2.17 bits per heavy atom. The lowest BCUT2D eigenvalue weighted by Gasteiger charge is -2.22. The van der Waals surface area contributed by atoms with E-state index in [-0.39, 0.29) is 5.91 Å². The van der Waals surface area contributed by atoms with Crippen LogP contribution in [-0.2, 0) is 17.9 Å². The summed E-state index contributed by atoms with van der Waals surface area (Å²) in [5.41, 5.74) is 1.02. The highest BCUT2D eigenvalue weighted by Crippen LogP contribution is 2.27. The molecular formula is C18H24N4O2. The lowest BCUT2D eigenvalue weighted by Crippen LogP contribution is -2.28. The highest BCUT2D eigenvalue weighted by atomic mass is 16.4. The Balaban J connectivity index is 1.69. The average Bonchev–Trinajstić information content (AvgIpc) is 3.23. The van der Waals surface area contributed by atoms with Crippen LogP contribution in [0.3, 0.4) is 0 Å². The van der Waals surface area contributed by atoms with E-state index in [0.717, 1.165) is 5.56 Å². The number of hydrogen-bond acceptors (Lipinski definition) is 4. The van der Waals surface area contributed by atoms with E-state index in [1.807, 2.05) is 6.20 Å². The van der Waals surface area contributed by atoms with E-state index in [4.69, 9.17) is 4.42 Å². The van der Waals surface area contributed by atoms with E-state index in [2.05, 4.69) is 27.5 Å². The smallest absolute Gasteiger partial charge is 0.246 e. The van der Waals surface area contributed by atoms with Gasteiger partial charge in [-0.05, 0) is 18.9 Å². The van der Waals surface area contributed by atoms with Gasteiger partial charge in [0.1, 0.15) is 5.76 Å². The summed E-state index contributed by atoms with van der Waals surface area (Å²) in [5.74, 6) is 1.14. The maximum absolute atomic E-state index is 12.2. The van der Waals surface area contributed by atoms with Crippen LogP contribution in [0.2, 0.25) is 0 Å². The number of amides is 1. The minimum atomic E-state index is -0.130. The van der Waals surface area contributed by atoms with Crippen molar-refractivity contribution in [1.29, 1.82) is 0 Å². The van der Waals surface area contributed by atoms with E-state index in [1.54, 1.807) is 18.0 Å². The van der Waals surface area contributed by atoms with Gasteiger partial charge >= 0.3 is 0 Å². The van der Waals surface area contributed by atoms with Crippen LogP contribution in [0.1, 0.15) is 55.4 Å². The van der Waals surface area contributed by atoms with E-state index in [9.17, 15) is 4.79 Å². The van der Waals surface area contributed by atoms with Crippen molar-refractivity contribution >= 4 is 5.91 Å². The molecule has 0 aliphatic heterocycles. The van der Waals surface area contributed by atoms with Crippen LogP contribution >= 0.6 is 0 Å². The van der Waals surface area contributed by atoms with Gasteiger partial charge in [-0.1, -0.05) is 25.8 Å². The molecule has 1 amide bonds. The predicted octanol–water partition coefficient (Wildman–Crippen LogP) is 3.40.